The molecule has 4 atom stereocenters. The average Bonchev–Trinajstić information content (AvgIpc) is 3.41. The molecule has 0 unspecified atom stereocenters. The SMILES string of the molecule is CCc1c(C)sc(NC(=O)[C@H]2[C@@H](C(=O)O)[C@H]3C=C[C@H]2C3)c1C(=O)NC1CCCCC1. The molecule has 162 valence electrons. The molecule has 1 aromatic heterocycles. The van der Waals surface area contributed by atoms with Gasteiger partial charge in [0, 0.05) is 10.9 Å². The van der Waals surface area contributed by atoms with Gasteiger partial charge in [-0.3, -0.25) is 14.4 Å². The van der Waals surface area contributed by atoms with E-state index in [0.29, 0.717) is 23.4 Å². The zero-order chi connectivity index (χ0) is 21.4. The number of hydrogen-bond donors (Lipinski definition) is 3. The van der Waals surface area contributed by atoms with Gasteiger partial charge in [-0.05, 0) is 50.0 Å². The molecule has 0 spiro atoms. The van der Waals surface area contributed by atoms with Crippen molar-refractivity contribution in [3.8, 4) is 0 Å². The van der Waals surface area contributed by atoms with Gasteiger partial charge in [0.25, 0.3) is 5.91 Å². The minimum atomic E-state index is -0.918. The van der Waals surface area contributed by atoms with Crippen LogP contribution in [0.4, 0.5) is 5.00 Å². The molecular formula is C23H30N2O4S. The number of hydrogen-bond acceptors (Lipinski definition) is 4. The maximum Gasteiger partial charge on any atom is 0.307 e. The topological polar surface area (TPSA) is 95.5 Å². The number of allylic oxidation sites excluding steroid dienone is 2. The monoisotopic (exact) mass is 430 g/mol. The lowest BCUT2D eigenvalue weighted by Gasteiger charge is -2.24. The number of carboxylic acids is 1. The second-order valence-corrected chi connectivity index (χ2v) is 10.1. The van der Waals surface area contributed by atoms with Gasteiger partial charge in [0.1, 0.15) is 5.00 Å². The summed E-state index contributed by atoms with van der Waals surface area (Å²) in [5.41, 5.74) is 1.52. The molecule has 1 heterocycles. The molecule has 3 aliphatic rings. The summed E-state index contributed by atoms with van der Waals surface area (Å²) in [6.07, 6.45) is 10.8. The third-order valence-corrected chi connectivity index (χ3v) is 8.08. The van der Waals surface area contributed by atoms with Crippen LogP contribution in [0, 0.1) is 30.6 Å². The van der Waals surface area contributed by atoms with Crippen molar-refractivity contribution in [3.05, 3.63) is 28.2 Å². The molecular weight excluding hydrogens is 400 g/mol. The van der Waals surface area contributed by atoms with Crippen molar-refractivity contribution in [2.75, 3.05) is 5.32 Å². The number of amides is 2. The maximum atomic E-state index is 13.2. The Balaban J connectivity index is 1.56. The van der Waals surface area contributed by atoms with E-state index in [0.717, 1.165) is 36.1 Å². The minimum absolute atomic E-state index is 0.0395. The predicted molar refractivity (Wildman–Crippen MR) is 117 cm³/mol. The Kier molecular flexibility index (Phi) is 6.00. The molecule has 2 saturated carbocycles. The number of aliphatic carboxylic acids is 1. The fraction of sp³-hybridized carbons (Fsp3) is 0.609. The average molecular weight is 431 g/mol. The highest BCUT2D eigenvalue weighted by Gasteiger charge is 2.51. The molecule has 3 N–H and O–H groups in total. The van der Waals surface area contributed by atoms with E-state index < -0.39 is 17.8 Å². The molecule has 4 rings (SSSR count). The summed E-state index contributed by atoms with van der Waals surface area (Å²) in [5.74, 6) is -2.71. The number of aryl methyl sites for hydroxylation is 1. The Hall–Kier alpha value is -2.15. The summed E-state index contributed by atoms with van der Waals surface area (Å²) in [7, 11) is 0. The van der Waals surface area contributed by atoms with E-state index in [4.69, 9.17) is 0 Å². The molecule has 2 fully saturated rings. The molecule has 6 nitrogen and oxygen atoms in total. The van der Waals surface area contributed by atoms with Crippen molar-refractivity contribution in [2.24, 2.45) is 23.7 Å². The first kappa shape index (κ1) is 21.1. The fourth-order valence-corrected chi connectivity index (χ4v) is 6.69. The highest BCUT2D eigenvalue weighted by molar-refractivity contribution is 7.16. The number of carboxylic acid groups (broad SMARTS) is 1. The van der Waals surface area contributed by atoms with Crippen LogP contribution in [0.15, 0.2) is 12.2 Å². The molecule has 30 heavy (non-hydrogen) atoms. The molecule has 2 bridgehead atoms. The lowest BCUT2D eigenvalue weighted by atomic mass is 9.82. The van der Waals surface area contributed by atoms with Crippen LogP contribution in [0.2, 0.25) is 0 Å². The van der Waals surface area contributed by atoms with E-state index in [1.54, 1.807) is 0 Å². The Morgan fingerprint density at radius 3 is 2.40 bits per heavy atom. The molecule has 0 aromatic carbocycles. The van der Waals surface area contributed by atoms with Gasteiger partial charge in [-0.2, -0.15) is 0 Å². The first-order valence-corrected chi connectivity index (χ1v) is 11.9. The molecule has 1 aromatic rings. The molecule has 0 saturated heterocycles. The van der Waals surface area contributed by atoms with E-state index in [1.165, 1.54) is 17.8 Å². The lowest BCUT2D eigenvalue weighted by molar-refractivity contribution is -0.146. The van der Waals surface area contributed by atoms with E-state index in [-0.39, 0.29) is 29.7 Å². The Morgan fingerprint density at radius 1 is 1.10 bits per heavy atom. The number of anilines is 1. The Morgan fingerprint density at radius 2 is 1.77 bits per heavy atom. The third kappa shape index (κ3) is 3.80. The second-order valence-electron chi connectivity index (χ2n) is 8.83. The van der Waals surface area contributed by atoms with Gasteiger partial charge in [0.05, 0.1) is 17.4 Å². The second kappa shape index (κ2) is 8.53. The highest BCUT2D eigenvalue weighted by Crippen LogP contribution is 2.49. The number of fused-ring (bicyclic) bond motifs is 2. The largest absolute Gasteiger partial charge is 0.481 e. The quantitative estimate of drug-likeness (QED) is 0.591. The minimum Gasteiger partial charge on any atom is -0.481 e. The summed E-state index contributed by atoms with van der Waals surface area (Å²) in [6.45, 7) is 3.98. The number of carbonyl (C=O) groups excluding carboxylic acids is 2. The first-order chi connectivity index (χ1) is 14.4. The standard InChI is InChI=1S/C23H30N2O4S/c1-3-16-12(2)30-22(19(16)21(27)24-15-7-5-4-6-8-15)25-20(26)17-13-9-10-14(11-13)18(17)23(28)29/h9-10,13-15,17-18H,3-8,11H2,1-2H3,(H,24,27)(H,25,26)(H,28,29)/t13-,14-,17+,18-/m0/s1. The van der Waals surface area contributed by atoms with Crippen molar-refractivity contribution < 1.29 is 19.5 Å². The van der Waals surface area contributed by atoms with Crippen LogP contribution < -0.4 is 10.6 Å². The number of thiophene rings is 1. The molecule has 2 amide bonds. The maximum absolute atomic E-state index is 13.2. The van der Waals surface area contributed by atoms with Gasteiger partial charge in [0.2, 0.25) is 5.91 Å². The van der Waals surface area contributed by atoms with Crippen LogP contribution in [0.25, 0.3) is 0 Å². The summed E-state index contributed by atoms with van der Waals surface area (Å²) < 4.78 is 0. The summed E-state index contributed by atoms with van der Waals surface area (Å²) in [4.78, 5) is 39.1. The van der Waals surface area contributed by atoms with E-state index >= 15 is 0 Å². The Labute approximate surface area is 181 Å². The van der Waals surface area contributed by atoms with Gasteiger partial charge >= 0.3 is 5.97 Å². The lowest BCUT2D eigenvalue weighted by Crippen LogP contribution is -2.38. The number of carbonyl (C=O) groups is 3. The normalized spacial score (nSPS) is 27.9. The van der Waals surface area contributed by atoms with Gasteiger partial charge in [-0.1, -0.05) is 38.3 Å². The fourth-order valence-electron chi connectivity index (χ4n) is 5.55. The van der Waals surface area contributed by atoms with E-state index in [1.807, 2.05) is 26.0 Å². The van der Waals surface area contributed by atoms with E-state index in [9.17, 15) is 19.5 Å². The molecule has 0 aliphatic heterocycles. The summed E-state index contributed by atoms with van der Waals surface area (Å²) in [5, 5.41) is 16.3. The number of rotatable bonds is 6. The van der Waals surface area contributed by atoms with Crippen LogP contribution in [0.5, 0.6) is 0 Å². The van der Waals surface area contributed by atoms with Crippen molar-refractivity contribution in [3.63, 3.8) is 0 Å². The zero-order valence-electron chi connectivity index (χ0n) is 17.6. The first-order valence-electron chi connectivity index (χ1n) is 11.1. The van der Waals surface area contributed by atoms with Crippen LogP contribution in [0.3, 0.4) is 0 Å². The predicted octanol–water partition coefficient (Wildman–Crippen LogP) is 4.14. The van der Waals surface area contributed by atoms with Gasteiger partial charge in [-0.15, -0.1) is 11.3 Å². The zero-order valence-corrected chi connectivity index (χ0v) is 18.4. The van der Waals surface area contributed by atoms with Crippen molar-refractivity contribution in [2.45, 2.75) is 64.8 Å². The Bertz CT molecular complexity index is 884. The van der Waals surface area contributed by atoms with E-state index in [2.05, 4.69) is 10.6 Å². The van der Waals surface area contributed by atoms with Crippen LogP contribution >= 0.6 is 11.3 Å². The smallest absolute Gasteiger partial charge is 0.307 e. The number of nitrogens with one attached hydrogen (secondary N) is 2. The summed E-state index contributed by atoms with van der Waals surface area (Å²) in [6, 6.07) is 0.187. The molecule has 3 aliphatic carbocycles. The summed E-state index contributed by atoms with van der Waals surface area (Å²) >= 11 is 1.41. The molecule has 0 radical (unpaired) electrons. The van der Waals surface area contributed by atoms with Crippen LogP contribution in [0.1, 0.15) is 66.2 Å². The highest BCUT2D eigenvalue weighted by atomic mass is 32.1. The van der Waals surface area contributed by atoms with Crippen LogP contribution in [-0.2, 0) is 16.0 Å². The molecule has 7 heteroatoms. The third-order valence-electron chi connectivity index (χ3n) is 7.01. The van der Waals surface area contributed by atoms with Crippen molar-refractivity contribution in [1.82, 2.24) is 5.32 Å². The van der Waals surface area contributed by atoms with Gasteiger partial charge in [0.15, 0.2) is 0 Å². The van der Waals surface area contributed by atoms with Crippen molar-refractivity contribution >= 4 is 34.1 Å². The van der Waals surface area contributed by atoms with Gasteiger partial charge < -0.3 is 15.7 Å². The van der Waals surface area contributed by atoms with Crippen molar-refractivity contribution in [1.29, 1.82) is 0 Å². The van der Waals surface area contributed by atoms with Crippen LogP contribution in [-0.4, -0.2) is 28.9 Å². The van der Waals surface area contributed by atoms with Gasteiger partial charge in [-0.25, -0.2) is 0 Å².